The fraction of sp³-hybridized carbons (Fsp3) is 0.263. The molecule has 0 radical (unpaired) electrons. The molecule has 2 aromatic rings. The van der Waals surface area contributed by atoms with Crippen LogP contribution < -0.4 is 10.2 Å². The maximum absolute atomic E-state index is 12.9. The first-order valence-corrected chi connectivity index (χ1v) is 7.73. The van der Waals surface area contributed by atoms with Gasteiger partial charge in [-0.1, -0.05) is 24.3 Å². The van der Waals surface area contributed by atoms with E-state index in [0.717, 1.165) is 22.4 Å². The number of carbonyl (C=O) groups excluding carboxylic acids is 2. The van der Waals surface area contributed by atoms with E-state index in [4.69, 9.17) is 0 Å². The van der Waals surface area contributed by atoms with Gasteiger partial charge in [-0.2, -0.15) is 0 Å². The minimum atomic E-state index is -0.317. The van der Waals surface area contributed by atoms with Gasteiger partial charge in [-0.05, 0) is 48.7 Å². The van der Waals surface area contributed by atoms with E-state index in [2.05, 4.69) is 5.32 Å². The minimum absolute atomic E-state index is 0.0547. The quantitative estimate of drug-likeness (QED) is 0.917. The van der Waals surface area contributed by atoms with Crippen LogP contribution in [-0.4, -0.2) is 18.4 Å². The number of nitrogens with one attached hydrogen (secondary N) is 1. The molecule has 126 valence electrons. The lowest BCUT2D eigenvalue weighted by atomic mass is 10.1. The predicted molar refractivity (Wildman–Crippen MR) is 92.2 cm³/mol. The molecule has 0 aliphatic heterocycles. The Morgan fingerprint density at radius 3 is 2.38 bits per heavy atom. The number of aryl methyl sites for hydroxylation is 2. The second kappa shape index (κ2) is 7.73. The summed E-state index contributed by atoms with van der Waals surface area (Å²) in [6.07, 6.45) is 0. The Morgan fingerprint density at radius 1 is 1.08 bits per heavy atom. The van der Waals surface area contributed by atoms with Crippen molar-refractivity contribution >= 4 is 17.5 Å². The Hall–Kier alpha value is -2.69. The van der Waals surface area contributed by atoms with Crippen LogP contribution in [0.1, 0.15) is 23.6 Å². The summed E-state index contributed by atoms with van der Waals surface area (Å²) in [7, 11) is 0. The molecule has 2 aromatic carbocycles. The van der Waals surface area contributed by atoms with Crippen molar-refractivity contribution in [3.05, 3.63) is 65.0 Å². The lowest BCUT2D eigenvalue weighted by Crippen LogP contribution is -2.40. The number of carbonyl (C=O) groups is 2. The fourth-order valence-corrected chi connectivity index (χ4v) is 2.38. The summed E-state index contributed by atoms with van der Waals surface area (Å²) < 4.78 is 12.9. The summed E-state index contributed by atoms with van der Waals surface area (Å²) >= 11 is 0. The molecule has 0 saturated heterocycles. The molecule has 0 saturated carbocycles. The first kappa shape index (κ1) is 17.7. The highest BCUT2D eigenvalue weighted by molar-refractivity contribution is 5.98. The van der Waals surface area contributed by atoms with E-state index in [1.807, 2.05) is 32.0 Å². The van der Waals surface area contributed by atoms with E-state index in [0.29, 0.717) is 0 Å². The van der Waals surface area contributed by atoms with E-state index < -0.39 is 0 Å². The molecule has 0 atom stereocenters. The smallest absolute Gasteiger partial charge is 0.240 e. The number of hydrogen-bond acceptors (Lipinski definition) is 2. The third kappa shape index (κ3) is 4.65. The molecule has 5 heteroatoms. The first-order chi connectivity index (χ1) is 11.4. The molecule has 0 bridgehead atoms. The maximum atomic E-state index is 12.9. The summed E-state index contributed by atoms with van der Waals surface area (Å²) in [5, 5.41) is 2.75. The van der Waals surface area contributed by atoms with Crippen molar-refractivity contribution in [1.82, 2.24) is 5.32 Å². The van der Waals surface area contributed by atoms with E-state index >= 15 is 0 Å². The molecule has 4 nitrogen and oxygen atoms in total. The molecular formula is C19H21FN2O2. The lowest BCUT2D eigenvalue weighted by Gasteiger charge is -2.23. The average Bonchev–Trinajstić information content (AvgIpc) is 2.54. The van der Waals surface area contributed by atoms with Crippen LogP contribution in [0, 0.1) is 19.7 Å². The molecule has 0 fully saturated rings. The predicted octanol–water partition coefficient (Wildman–Crippen LogP) is 3.11. The summed E-state index contributed by atoms with van der Waals surface area (Å²) in [6.45, 7) is 5.52. The summed E-state index contributed by atoms with van der Waals surface area (Å²) in [5.41, 5.74) is 3.49. The van der Waals surface area contributed by atoms with Crippen molar-refractivity contribution in [2.24, 2.45) is 0 Å². The Bertz CT molecular complexity index is 742. The van der Waals surface area contributed by atoms with Gasteiger partial charge in [0.05, 0.1) is 0 Å². The van der Waals surface area contributed by atoms with E-state index in [1.165, 1.54) is 24.0 Å². The summed E-state index contributed by atoms with van der Waals surface area (Å²) in [4.78, 5) is 25.6. The SMILES string of the molecule is CC(=O)N(CC(=O)NCc1ccc(F)cc1)c1cc(C)ccc1C. The highest BCUT2D eigenvalue weighted by atomic mass is 19.1. The highest BCUT2D eigenvalue weighted by Gasteiger charge is 2.17. The molecule has 2 amide bonds. The maximum Gasteiger partial charge on any atom is 0.240 e. The van der Waals surface area contributed by atoms with E-state index in [1.54, 1.807) is 12.1 Å². The van der Waals surface area contributed by atoms with Crippen LogP contribution in [-0.2, 0) is 16.1 Å². The Kier molecular flexibility index (Phi) is 5.68. The monoisotopic (exact) mass is 328 g/mol. The van der Waals surface area contributed by atoms with Gasteiger partial charge in [0.1, 0.15) is 12.4 Å². The van der Waals surface area contributed by atoms with Crippen molar-refractivity contribution in [3.8, 4) is 0 Å². The normalized spacial score (nSPS) is 10.3. The van der Waals surface area contributed by atoms with Crippen molar-refractivity contribution in [2.45, 2.75) is 27.3 Å². The zero-order chi connectivity index (χ0) is 17.7. The van der Waals surface area contributed by atoms with Crippen LogP contribution >= 0.6 is 0 Å². The van der Waals surface area contributed by atoms with Gasteiger partial charge in [-0.15, -0.1) is 0 Å². The van der Waals surface area contributed by atoms with Crippen LogP contribution in [0.5, 0.6) is 0 Å². The van der Waals surface area contributed by atoms with Crippen molar-refractivity contribution < 1.29 is 14.0 Å². The molecule has 24 heavy (non-hydrogen) atoms. The first-order valence-electron chi connectivity index (χ1n) is 7.73. The molecule has 0 aliphatic carbocycles. The minimum Gasteiger partial charge on any atom is -0.350 e. The van der Waals surface area contributed by atoms with Crippen LogP contribution in [0.3, 0.4) is 0 Å². The largest absolute Gasteiger partial charge is 0.350 e. The number of nitrogens with zero attached hydrogens (tertiary/aromatic N) is 1. The number of rotatable bonds is 5. The third-order valence-corrected chi connectivity index (χ3v) is 3.74. The van der Waals surface area contributed by atoms with Crippen molar-refractivity contribution in [1.29, 1.82) is 0 Å². The van der Waals surface area contributed by atoms with Crippen molar-refractivity contribution in [2.75, 3.05) is 11.4 Å². The van der Waals surface area contributed by atoms with Crippen LogP contribution in [0.4, 0.5) is 10.1 Å². The van der Waals surface area contributed by atoms with Crippen LogP contribution in [0.15, 0.2) is 42.5 Å². The average molecular weight is 328 g/mol. The van der Waals surface area contributed by atoms with Gasteiger partial charge in [0.2, 0.25) is 11.8 Å². The van der Waals surface area contributed by atoms with Gasteiger partial charge in [0.25, 0.3) is 0 Å². The Labute approximate surface area is 141 Å². The zero-order valence-electron chi connectivity index (χ0n) is 14.1. The molecular weight excluding hydrogens is 307 g/mol. The van der Waals surface area contributed by atoms with Gasteiger partial charge >= 0.3 is 0 Å². The number of benzene rings is 2. The topological polar surface area (TPSA) is 49.4 Å². The second-order valence-electron chi connectivity index (χ2n) is 5.80. The molecule has 1 N–H and O–H groups in total. The van der Waals surface area contributed by atoms with Gasteiger partial charge in [-0.3, -0.25) is 9.59 Å². The standard InChI is InChI=1S/C19H21FN2O2/c1-13-4-5-14(2)18(10-13)22(15(3)23)12-19(24)21-11-16-6-8-17(20)9-7-16/h4-10H,11-12H2,1-3H3,(H,21,24). The van der Waals surface area contributed by atoms with Gasteiger partial charge in [0.15, 0.2) is 0 Å². The zero-order valence-corrected chi connectivity index (χ0v) is 14.1. The van der Waals surface area contributed by atoms with Gasteiger partial charge < -0.3 is 10.2 Å². The number of amides is 2. The molecule has 0 unspecified atom stereocenters. The number of hydrogen-bond donors (Lipinski definition) is 1. The van der Waals surface area contributed by atoms with Crippen molar-refractivity contribution in [3.63, 3.8) is 0 Å². The molecule has 0 aromatic heterocycles. The third-order valence-electron chi connectivity index (χ3n) is 3.74. The van der Waals surface area contributed by atoms with Crippen LogP contribution in [0.2, 0.25) is 0 Å². The second-order valence-corrected chi connectivity index (χ2v) is 5.80. The summed E-state index contributed by atoms with van der Waals surface area (Å²) in [6, 6.07) is 11.7. The van der Waals surface area contributed by atoms with Crippen LogP contribution in [0.25, 0.3) is 0 Å². The molecule has 0 aliphatic rings. The molecule has 2 rings (SSSR count). The van der Waals surface area contributed by atoms with Gasteiger partial charge in [-0.25, -0.2) is 4.39 Å². The molecule has 0 heterocycles. The fourth-order valence-electron chi connectivity index (χ4n) is 2.38. The van der Waals surface area contributed by atoms with E-state index in [9.17, 15) is 14.0 Å². The Morgan fingerprint density at radius 2 is 1.75 bits per heavy atom. The lowest BCUT2D eigenvalue weighted by molar-refractivity contribution is -0.123. The number of anilines is 1. The Balaban J connectivity index is 2.04. The van der Waals surface area contributed by atoms with E-state index in [-0.39, 0.29) is 30.7 Å². The van der Waals surface area contributed by atoms with Gasteiger partial charge in [0, 0.05) is 19.2 Å². The highest BCUT2D eigenvalue weighted by Crippen LogP contribution is 2.21. The summed E-state index contributed by atoms with van der Waals surface area (Å²) in [5.74, 6) is -0.779. The number of halogens is 1. The molecule has 0 spiro atoms.